The summed E-state index contributed by atoms with van der Waals surface area (Å²) < 4.78 is 43.9. The van der Waals surface area contributed by atoms with Gasteiger partial charge in [0.15, 0.2) is 21.7 Å². The monoisotopic (exact) mass is 914 g/mol. The summed E-state index contributed by atoms with van der Waals surface area (Å²) in [5.41, 5.74) is -2.42. The molecule has 16 nitrogen and oxygen atoms in total. The fourth-order valence-corrected chi connectivity index (χ4v) is 10.0. The van der Waals surface area contributed by atoms with E-state index in [9.17, 15) is 38.4 Å². The van der Waals surface area contributed by atoms with Crippen molar-refractivity contribution in [2.75, 3.05) is 52.9 Å². The molecule has 0 atom stereocenters. The molecule has 2 aromatic carbocycles. The van der Waals surface area contributed by atoms with E-state index in [-0.39, 0.29) is 104 Å². The molecule has 0 amide bonds. The molecule has 0 unspecified atom stereocenters. The molecule has 0 aliphatic heterocycles. The minimum absolute atomic E-state index is 0.0104. The standard InChI is InChI=1S/C50H58O16/c1-9-59-39(51)47(40(52)60-10-2)21-29-19-30-22-48(41(53)61-11-3,42(54)62-12-4)26-36(30)33(35(29)25-47)17-18-34-37-27-49(43(55)63-13-5,44(56)64-14-6)23-31(37)20-32-24-50(28-38(32)34,45(57)65-15-7)46(58)66-16-8/h19-20H,9-16,21-28H2,1-8H3. The number of benzene rings is 2. The zero-order valence-corrected chi connectivity index (χ0v) is 39.0. The maximum Gasteiger partial charge on any atom is 0.324 e. The Kier molecular flexibility index (Phi) is 14.7. The fourth-order valence-electron chi connectivity index (χ4n) is 10.0. The van der Waals surface area contributed by atoms with Crippen molar-refractivity contribution in [3.05, 3.63) is 67.8 Å². The summed E-state index contributed by atoms with van der Waals surface area (Å²) in [6.07, 6.45) is -1.31. The van der Waals surface area contributed by atoms with Crippen LogP contribution >= 0.6 is 0 Å². The number of carbonyl (C=O) groups excluding carboxylic acids is 8. The number of fused-ring (bicyclic) bond motifs is 4. The summed E-state index contributed by atoms with van der Waals surface area (Å²) in [4.78, 5) is 111. The third kappa shape index (κ3) is 8.19. The molecule has 2 aromatic rings. The van der Waals surface area contributed by atoms with Gasteiger partial charge in [-0.3, -0.25) is 38.4 Å². The number of hydrogen-bond acceptors (Lipinski definition) is 16. The molecule has 6 rings (SSSR count). The van der Waals surface area contributed by atoms with Crippen LogP contribution in [0.1, 0.15) is 111 Å². The molecular weight excluding hydrogens is 857 g/mol. The molecule has 0 fully saturated rings. The summed E-state index contributed by atoms with van der Waals surface area (Å²) in [7, 11) is 0. The number of rotatable bonds is 16. The number of esters is 8. The van der Waals surface area contributed by atoms with Gasteiger partial charge in [-0.1, -0.05) is 24.0 Å². The molecule has 4 aliphatic carbocycles. The molecule has 0 bridgehead atoms. The third-order valence-corrected chi connectivity index (χ3v) is 13.0. The number of carbonyl (C=O) groups is 8. The van der Waals surface area contributed by atoms with E-state index in [1.165, 1.54) is 0 Å². The molecule has 0 saturated heterocycles. The van der Waals surface area contributed by atoms with Gasteiger partial charge in [0.2, 0.25) is 0 Å². The van der Waals surface area contributed by atoms with Gasteiger partial charge in [0.1, 0.15) is 0 Å². The second kappa shape index (κ2) is 19.7. The molecule has 0 aromatic heterocycles. The van der Waals surface area contributed by atoms with E-state index in [0.29, 0.717) is 55.6 Å². The van der Waals surface area contributed by atoms with Gasteiger partial charge in [0.05, 0.1) is 52.9 Å². The Morgan fingerprint density at radius 2 is 0.500 bits per heavy atom. The highest BCUT2D eigenvalue weighted by Gasteiger charge is 2.59. The number of ether oxygens (including phenoxy) is 8. The lowest BCUT2D eigenvalue weighted by molar-refractivity contribution is -0.173. The van der Waals surface area contributed by atoms with Crippen LogP contribution in [0.3, 0.4) is 0 Å². The first kappa shape index (κ1) is 49.2. The van der Waals surface area contributed by atoms with Crippen LogP contribution in [0, 0.1) is 33.5 Å². The van der Waals surface area contributed by atoms with E-state index in [0.717, 1.165) is 0 Å². The first-order chi connectivity index (χ1) is 31.6. The van der Waals surface area contributed by atoms with Crippen LogP contribution in [-0.4, -0.2) is 101 Å². The first-order valence-corrected chi connectivity index (χ1v) is 22.8. The predicted octanol–water partition coefficient (Wildman–Crippen LogP) is 3.93. The van der Waals surface area contributed by atoms with E-state index in [4.69, 9.17) is 37.9 Å². The quantitative estimate of drug-likeness (QED) is 0.101. The fraction of sp³-hybridized carbons (Fsp3) is 0.560. The molecule has 66 heavy (non-hydrogen) atoms. The lowest BCUT2D eigenvalue weighted by atomic mass is 9.82. The van der Waals surface area contributed by atoms with Gasteiger partial charge in [-0.2, -0.15) is 0 Å². The second-order valence-corrected chi connectivity index (χ2v) is 16.8. The van der Waals surface area contributed by atoms with Crippen LogP contribution in [0.2, 0.25) is 0 Å². The van der Waals surface area contributed by atoms with Gasteiger partial charge >= 0.3 is 47.8 Å². The summed E-state index contributed by atoms with van der Waals surface area (Å²) in [6.45, 7) is 12.9. The van der Waals surface area contributed by atoms with E-state index in [1.54, 1.807) is 67.5 Å². The molecule has 354 valence electrons. The Balaban J connectivity index is 1.65. The number of hydrogen-bond donors (Lipinski definition) is 0. The van der Waals surface area contributed by atoms with Crippen LogP contribution in [0.5, 0.6) is 0 Å². The van der Waals surface area contributed by atoms with Crippen LogP contribution in [0.25, 0.3) is 0 Å². The van der Waals surface area contributed by atoms with Crippen molar-refractivity contribution in [3.8, 4) is 11.8 Å². The Hall–Kier alpha value is -6.24. The zero-order chi connectivity index (χ0) is 48.2. The maximum atomic E-state index is 13.9. The third-order valence-electron chi connectivity index (χ3n) is 13.0. The largest absolute Gasteiger partial charge is 0.465 e. The van der Waals surface area contributed by atoms with E-state index >= 15 is 0 Å². The van der Waals surface area contributed by atoms with E-state index < -0.39 is 69.4 Å². The average molecular weight is 915 g/mol. The van der Waals surface area contributed by atoms with Crippen molar-refractivity contribution in [1.82, 2.24) is 0 Å². The smallest absolute Gasteiger partial charge is 0.324 e. The summed E-state index contributed by atoms with van der Waals surface area (Å²) in [5, 5.41) is 0. The van der Waals surface area contributed by atoms with Crippen molar-refractivity contribution in [2.24, 2.45) is 21.7 Å². The van der Waals surface area contributed by atoms with Crippen LogP contribution in [-0.2, 0) is 128 Å². The summed E-state index contributed by atoms with van der Waals surface area (Å²) >= 11 is 0. The summed E-state index contributed by atoms with van der Waals surface area (Å²) in [6, 6.07) is 3.54. The second-order valence-electron chi connectivity index (χ2n) is 16.8. The van der Waals surface area contributed by atoms with Crippen molar-refractivity contribution >= 4 is 47.8 Å². The highest BCUT2D eigenvalue weighted by atomic mass is 16.6. The molecule has 0 heterocycles. The lowest BCUT2D eigenvalue weighted by Gasteiger charge is -2.25. The van der Waals surface area contributed by atoms with Gasteiger partial charge < -0.3 is 37.9 Å². The molecule has 0 N–H and O–H groups in total. The van der Waals surface area contributed by atoms with Crippen LogP contribution in [0.15, 0.2) is 12.1 Å². The molecule has 0 radical (unpaired) electrons. The van der Waals surface area contributed by atoms with Gasteiger partial charge in [-0.25, -0.2) is 0 Å². The highest BCUT2D eigenvalue weighted by Crippen LogP contribution is 2.50. The Morgan fingerprint density at radius 3 is 0.652 bits per heavy atom. The molecule has 0 saturated carbocycles. The minimum Gasteiger partial charge on any atom is -0.465 e. The van der Waals surface area contributed by atoms with Crippen molar-refractivity contribution in [2.45, 2.75) is 107 Å². The SMILES string of the molecule is CCOC(=O)C1(C(=O)OCC)Cc2cc3c(c(C#Cc4c5c(cc6c4CC(C(=O)OCC)(C(=O)OCC)C6)CC(C(=O)OCC)(C(=O)OCC)C5)c2C1)CC(C(=O)OCC)(C(=O)OCC)C3. The Morgan fingerprint density at radius 1 is 0.333 bits per heavy atom. The van der Waals surface area contributed by atoms with E-state index in [2.05, 4.69) is 11.8 Å². The topological polar surface area (TPSA) is 210 Å². The molecule has 16 heteroatoms. The Labute approximate surface area is 384 Å². The highest BCUT2D eigenvalue weighted by molar-refractivity contribution is 6.05. The molecule has 4 aliphatic rings. The Bertz CT molecular complexity index is 2030. The molecular formula is C50H58O16. The van der Waals surface area contributed by atoms with Crippen LogP contribution in [0.4, 0.5) is 0 Å². The van der Waals surface area contributed by atoms with Crippen molar-refractivity contribution < 1.29 is 76.3 Å². The van der Waals surface area contributed by atoms with Gasteiger partial charge in [0, 0.05) is 36.8 Å². The van der Waals surface area contributed by atoms with Gasteiger partial charge in [0.25, 0.3) is 0 Å². The summed E-state index contributed by atoms with van der Waals surface area (Å²) in [5.74, 6) is 0.387. The van der Waals surface area contributed by atoms with Crippen LogP contribution < -0.4 is 0 Å². The zero-order valence-electron chi connectivity index (χ0n) is 39.0. The van der Waals surface area contributed by atoms with Crippen molar-refractivity contribution in [1.29, 1.82) is 0 Å². The van der Waals surface area contributed by atoms with Gasteiger partial charge in [-0.05, 0) is 126 Å². The van der Waals surface area contributed by atoms with Gasteiger partial charge in [-0.15, -0.1) is 0 Å². The first-order valence-electron chi connectivity index (χ1n) is 22.8. The minimum atomic E-state index is -1.79. The molecule has 0 spiro atoms. The van der Waals surface area contributed by atoms with Crippen molar-refractivity contribution in [3.63, 3.8) is 0 Å². The maximum absolute atomic E-state index is 13.9. The lowest BCUT2D eigenvalue weighted by Crippen LogP contribution is -2.43. The normalized spacial score (nSPS) is 17.0. The predicted molar refractivity (Wildman–Crippen MR) is 231 cm³/mol. The average Bonchev–Trinajstić information content (AvgIpc) is 4.07. The van der Waals surface area contributed by atoms with E-state index in [1.807, 2.05) is 0 Å².